The molecule has 0 nitrogen and oxygen atoms in total. The zero-order chi connectivity index (χ0) is 31.0. The molecule has 0 aliphatic heterocycles. The number of rotatable bonds is 0. The lowest BCUT2D eigenvalue weighted by Gasteiger charge is -2.05. The fourth-order valence-electron chi connectivity index (χ4n) is 1.50. The molecular formula is C41H102. The normalized spacial score (nSPS) is 15.1. The van der Waals surface area contributed by atoms with Crippen molar-refractivity contribution in [3.8, 4) is 0 Å². The maximum atomic E-state index is 2.00. The summed E-state index contributed by atoms with van der Waals surface area (Å²) in [6, 6.07) is 0. The molecule has 0 heterocycles. The molecule has 0 bridgehead atoms. The lowest BCUT2D eigenvalue weighted by molar-refractivity contribution is 0.504. The van der Waals surface area contributed by atoms with Crippen molar-refractivity contribution in [2.24, 2.45) is 0 Å². The van der Waals surface area contributed by atoms with Crippen LogP contribution in [0, 0.1) is 0 Å². The molecule has 0 aromatic carbocycles. The summed E-state index contributed by atoms with van der Waals surface area (Å²) in [4.78, 5) is 0. The Labute approximate surface area is 272 Å². The minimum absolute atomic E-state index is 0. The summed E-state index contributed by atoms with van der Waals surface area (Å²) >= 11 is 0. The highest BCUT2D eigenvalue weighted by Gasteiger charge is 1.97. The molecule has 0 aromatic heterocycles. The summed E-state index contributed by atoms with van der Waals surface area (Å²) in [5, 5.41) is 0. The number of hydrogen-bond acceptors (Lipinski definition) is 0. The van der Waals surface area contributed by atoms with Crippen LogP contribution >= 0.6 is 0 Å². The van der Waals surface area contributed by atoms with Crippen LogP contribution in [0.5, 0.6) is 0 Å². The molecule has 6 fully saturated rings. The smallest absolute Gasteiger partial charge is 0.0533 e. The molecule has 0 heteroatoms. The van der Waals surface area contributed by atoms with Crippen LogP contribution in [0.15, 0.2) is 0 Å². The first-order valence-electron chi connectivity index (χ1n) is 19.0. The predicted octanol–water partition coefficient (Wildman–Crippen LogP) is 18.5. The molecule has 6 aliphatic rings. The second-order valence-corrected chi connectivity index (χ2v) is 8.49. The molecule has 0 amide bonds. The van der Waals surface area contributed by atoms with Gasteiger partial charge in [-0.05, 0) is 0 Å². The molecule has 6 saturated carbocycles. The monoisotopic (exact) mass is 595 g/mol. The van der Waals surface area contributed by atoms with Gasteiger partial charge in [0.2, 0.25) is 0 Å². The minimum atomic E-state index is 0. The average molecular weight is 595 g/mol. The molecule has 6 aliphatic carbocycles. The SMILES string of the molecule is C.C.C.C1CCC1.C1CCC1.C1CCC1.C1CCC1.C1CCC1.C1CCC1.CC.CC.CC.CC.CC.CC.CC. The summed E-state index contributed by atoms with van der Waals surface area (Å²) in [5.41, 5.74) is 0. The molecule has 0 N–H and O–H groups in total. The third-order valence-electron chi connectivity index (χ3n) is 6.00. The van der Waals surface area contributed by atoms with Gasteiger partial charge >= 0.3 is 0 Å². The Hall–Kier alpha value is 0. The highest BCUT2D eigenvalue weighted by atomic mass is 14.0. The summed E-state index contributed by atoms with van der Waals surface area (Å²) in [7, 11) is 0. The molecular weight excluding hydrogens is 492 g/mol. The first-order chi connectivity index (χ1) is 19.0. The average Bonchev–Trinajstić information content (AvgIpc) is 2.76. The van der Waals surface area contributed by atoms with E-state index in [9.17, 15) is 0 Å². The first-order valence-corrected chi connectivity index (χ1v) is 19.0. The molecule has 0 saturated heterocycles. The molecule has 0 aromatic rings. The molecule has 0 radical (unpaired) electrons. The fraction of sp³-hybridized carbons (Fsp3) is 1.00. The standard InChI is InChI=1S/6C4H8.7C2H6.3CH4/c6*1-2-4-3-1;7*1-2;;;/h6*1-4H2;7*1-2H3;3*1H4. The van der Waals surface area contributed by atoms with Gasteiger partial charge in [0.15, 0.2) is 0 Å². The van der Waals surface area contributed by atoms with Gasteiger partial charge in [-0.2, -0.15) is 0 Å². The van der Waals surface area contributed by atoms with Gasteiger partial charge < -0.3 is 0 Å². The van der Waals surface area contributed by atoms with Gasteiger partial charge in [0.1, 0.15) is 0 Å². The summed E-state index contributed by atoms with van der Waals surface area (Å²) in [6.07, 6.45) is 36.0. The van der Waals surface area contributed by atoms with Crippen LogP contribution < -0.4 is 0 Å². The van der Waals surface area contributed by atoms with E-state index in [1.807, 2.05) is 96.9 Å². The van der Waals surface area contributed by atoms with E-state index in [-0.39, 0.29) is 22.3 Å². The highest BCUT2D eigenvalue weighted by Crippen LogP contribution is 2.17. The highest BCUT2D eigenvalue weighted by molar-refractivity contribution is 4.52. The van der Waals surface area contributed by atoms with Gasteiger partial charge in [-0.25, -0.2) is 0 Å². The van der Waals surface area contributed by atoms with Crippen molar-refractivity contribution < 1.29 is 0 Å². The van der Waals surface area contributed by atoms with Crippen LogP contribution in [0.1, 0.15) is 273 Å². The zero-order valence-electron chi connectivity index (χ0n) is 31.0. The summed E-state index contributed by atoms with van der Waals surface area (Å²) in [6.45, 7) is 28.0. The van der Waals surface area contributed by atoms with Crippen molar-refractivity contribution in [1.82, 2.24) is 0 Å². The maximum absolute atomic E-state index is 2.00. The first kappa shape index (κ1) is 68.3. The lowest BCUT2D eigenvalue weighted by Crippen LogP contribution is -1.85. The minimum Gasteiger partial charge on any atom is -0.0776 e. The van der Waals surface area contributed by atoms with E-state index in [0.29, 0.717) is 0 Å². The molecule has 41 heavy (non-hydrogen) atoms. The summed E-state index contributed by atoms with van der Waals surface area (Å²) in [5.74, 6) is 0. The molecule has 0 atom stereocenters. The van der Waals surface area contributed by atoms with E-state index in [0.717, 1.165) is 0 Å². The predicted molar refractivity (Wildman–Crippen MR) is 210 cm³/mol. The van der Waals surface area contributed by atoms with E-state index < -0.39 is 0 Å². The van der Waals surface area contributed by atoms with E-state index >= 15 is 0 Å². The summed E-state index contributed by atoms with van der Waals surface area (Å²) < 4.78 is 0. The van der Waals surface area contributed by atoms with Gasteiger partial charge in [-0.1, -0.05) is 273 Å². The van der Waals surface area contributed by atoms with Crippen LogP contribution in [0.25, 0.3) is 0 Å². The molecule has 266 valence electrons. The third kappa shape index (κ3) is 100. The van der Waals surface area contributed by atoms with Crippen molar-refractivity contribution in [1.29, 1.82) is 0 Å². The van der Waals surface area contributed by atoms with Crippen molar-refractivity contribution in [2.75, 3.05) is 0 Å². The van der Waals surface area contributed by atoms with Crippen LogP contribution in [0.4, 0.5) is 0 Å². The van der Waals surface area contributed by atoms with Crippen LogP contribution in [-0.4, -0.2) is 0 Å². The van der Waals surface area contributed by atoms with Gasteiger partial charge in [0.05, 0.1) is 0 Å². The quantitative estimate of drug-likeness (QED) is 0.261. The Morgan fingerprint density at radius 1 is 0.122 bits per heavy atom. The van der Waals surface area contributed by atoms with Crippen molar-refractivity contribution in [3.63, 3.8) is 0 Å². The Morgan fingerprint density at radius 3 is 0.146 bits per heavy atom. The Kier molecular flexibility index (Phi) is 176. The Balaban J connectivity index is -0.0000000321. The zero-order valence-corrected chi connectivity index (χ0v) is 31.0. The van der Waals surface area contributed by atoms with Crippen LogP contribution in [0.2, 0.25) is 0 Å². The number of hydrogen-bond donors (Lipinski definition) is 0. The van der Waals surface area contributed by atoms with Crippen molar-refractivity contribution in [3.05, 3.63) is 0 Å². The topological polar surface area (TPSA) is 0 Å². The Bertz CT molecular complexity index is 110. The molecule has 6 rings (SSSR count). The lowest BCUT2D eigenvalue weighted by atomic mass is 10.0. The largest absolute Gasteiger partial charge is 0.0776 e. The van der Waals surface area contributed by atoms with E-state index in [1.165, 1.54) is 154 Å². The van der Waals surface area contributed by atoms with Crippen LogP contribution in [-0.2, 0) is 0 Å². The van der Waals surface area contributed by atoms with Gasteiger partial charge in [-0.15, -0.1) is 0 Å². The molecule has 0 spiro atoms. The maximum Gasteiger partial charge on any atom is -0.0533 e. The second-order valence-electron chi connectivity index (χ2n) is 8.49. The molecule has 0 unspecified atom stereocenters. The second kappa shape index (κ2) is 106. The Morgan fingerprint density at radius 2 is 0.146 bits per heavy atom. The van der Waals surface area contributed by atoms with E-state index in [2.05, 4.69) is 0 Å². The third-order valence-corrected chi connectivity index (χ3v) is 6.00. The van der Waals surface area contributed by atoms with Crippen molar-refractivity contribution in [2.45, 2.75) is 273 Å². The van der Waals surface area contributed by atoms with E-state index in [1.54, 1.807) is 0 Å². The van der Waals surface area contributed by atoms with E-state index in [4.69, 9.17) is 0 Å². The van der Waals surface area contributed by atoms with Gasteiger partial charge in [0, 0.05) is 0 Å². The van der Waals surface area contributed by atoms with Gasteiger partial charge in [-0.3, -0.25) is 0 Å². The fourth-order valence-corrected chi connectivity index (χ4v) is 1.50. The van der Waals surface area contributed by atoms with Crippen LogP contribution in [0.3, 0.4) is 0 Å². The van der Waals surface area contributed by atoms with Crippen molar-refractivity contribution >= 4 is 0 Å². The van der Waals surface area contributed by atoms with Gasteiger partial charge in [0.25, 0.3) is 0 Å².